The quantitative estimate of drug-likeness (QED) is 0.835. The van der Waals surface area contributed by atoms with Crippen LogP contribution in [0.15, 0.2) is 42.5 Å². The Kier molecular flexibility index (Phi) is 5.82. The van der Waals surface area contributed by atoms with Gasteiger partial charge >= 0.3 is 0 Å². The molecule has 0 heterocycles. The zero-order valence-corrected chi connectivity index (χ0v) is 14.5. The number of hydrazine groups is 1. The van der Waals surface area contributed by atoms with Crippen LogP contribution < -0.4 is 15.6 Å². The molecule has 2 N–H and O–H groups in total. The second kappa shape index (κ2) is 7.84. The van der Waals surface area contributed by atoms with Crippen molar-refractivity contribution in [1.29, 1.82) is 0 Å². The number of hydrogen-bond donors (Lipinski definition) is 2. The van der Waals surface area contributed by atoms with E-state index < -0.39 is 17.9 Å². The van der Waals surface area contributed by atoms with E-state index in [-0.39, 0.29) is 5.56 Å². The number of halogens is 1. The van der Waals surface area contributed by atoms with E-state index in [4.69, 9.17) is 16.3 Å². The third-order valence-corrected chi connectivity index (χ3v) is 3.76. The first-order chi connectivity index (χ1) is 11.4. The molecule has 1 unspecified atom stereocenters. The molecule has 24 heavy (non-hydrogen) atoms. The number of nitrogens with one attached hydrogen (secondary N) is 2. The van der Waals surface area contributed by atoms with Gasteiger partial charge in [-0.1, -0.05) is 35.9 Å². The molecule has 6 heteroatoms. The minimum atomic E-state index is -0.767. The van der Waals surface area contributed by atoms with Crippen LogP contribution in [0.3, 0.4) is 0 Å². The summed E-state index contributed by atoms with van der Waals surface area (Å²) in [6.45, 7) is 5.46. The molecule has 2 aromatic rings. The molecule has 2 aromatic carbocycles. The second-order valence-corrected chi connectivity index (χ2v) is 5.86. The molecule has 1 atom stereocenters. The average Bonchev–Trinajstić information content (AvgIpc) is 2.56. The van der Waals surface area contributed by atoms with Gasteiger partial charge in [-0.2, -0.15) is 0 Å². The number of carbonyl (C=O) groups excluding carboxylic acids is 2. The maximum atomic E-state index is 12.1. The molecule has 0 bridgehead atoms. The van der Waals surface area contributed by atoms with E-state index in [1.54, 1.807) is 31.2 Å². The Morgan fingerprint density at radius 2 is 1.79 bits per heavy atom. The van der Waals surface area contributed by atoms with Crippen LogP contribution in [0, 0.1) is 13.8 Å². The first-order valence-corrected chi connectivity index (χ1v) is 7.85. The van der Waals surface area contributed by atoms with E-state index >= 15 is 0 Å². The van der Waals surface area contributed by atoms with Crippen LogP contribution in [-0.4, -0.2) is 17.9 Å². The number of rotatable bonds is 4. The van der Waals surface area contributed by atoms with Crippen molar-refractivity contribution in [1.82, 2.24) is 10.9 Å². The van der Waals surface area contributed by atoms with Crippen molar-refractivity contribution in [2.45, 2.75) is 26.9 Å². The monoisotopic (exact) mass is 346 g/mol. The van der Waals surface area contributed by atoms with Crippen LogP contribution in [0.1, 0.15) is 28.4 Å². The van der Waals surface area contributed by atoms with Gasteiger partial charge in [0.15, 0.2) is 6.10 Å². The molecule has 126 valence electrons. The highest BCUT2D eigenvalue weighted by molar-refractivity contribution is 6.33. The van der Waals surface area contributed by atoms with Crippen molar-refractivity contribution in [3.8, 4) is 5.75 Å². The van der Waals surface area contributed by atoms with E-state index in [1.165, 1.54) is 0 Å². The first kappa shape index (κ1) is 17.8. The first-order valence-electron chi connectivity index (χ1n) is 7.47. The van der Waals surface area contributed by atoms with Crippen LogP contribution in [0.4, 0.5) is 0 Å². The van der Waals surface area contributed by atoms with Crippen LogP contribution in [0.5, 0.6) is 5.75 Å². The standard InChI is InChI=1S/C18H19ClN2O3/c1-11-8-9-12(2)16(10-11)24-13(3)17(22)20-21-18(23)14-6-4-5-7-15(14)19/h4-10,13H,1-3H3,(H,20,22)(H,21,23). The van der Waals surface area contributed by atoms with Gasteiger partial charge in [0, 0.05) is 0 Å². The molecule has 0 aliphatic rings. The van der Waals surface area contributed by atoms with Gasteiger partial charge in [0.05, 0.1) is 10.6 Å². The smallest absolute Gasteiger partial charge is 0.279 e. The highest BCUT2D eigenvalue weighted by Gasteiger charge is 2.17. The molecule has 0 radical (unpaired) electrons. The van der Waals surface area contributed by atoms with Gasteiger partial charge in [0.1, 0.15) is 5.75 Å². The summed E-state index contributed by atoms with van der Waals surface area (Å²) in [4.78, 5) is 24.1. The van der Waals surface area contributed by atoms with Gasteiger partial charge in [-0.25, -0.2) is 0 Å². The highest BCUT2D eigenvalue weighted by Crippen LogP contribution is 2.20. The van der Waals surface area contributed by atoms with E-state index in [9.17, 15) is 9.59 Å². The maximum absolute atomic E-state index is 12.1. The molecule has 0 aliphatic carbocycles. The SMILES string of the molecule is Cc1ccc(C)c(OC(C)C(=O)NNC(=O)c2ccccc2Cl)c1. The van der Waals surface area contributed by atoms with E-state index in [0.29, 0.717) is 10.8 Å². The Bertz CT molecular complexity index is 762. The Morgan fingerprint density at radius 1 is 1.08 bits per heavy atom. The van der Waals surface area contributed by atoms with Crippen molar-refractivity contribution >= 4 is 23.4 Å². The molecule has 0 aromatic heterocycles. The summed E-state index contributed by atoms with van der Waals surface area (Å²) in [6.07, 6.45) is -0.767. The fourth-order valence-corrected chi connectivity index (χ4v) is 2.23. The third-order valence-electron chi connectivity index (χ3n) is 3.43. The molecule has 2 rings (SSSR count). The Hall–Kier alpha value is -2.53. The lowest BCUT2D eigenvalue weighted by Gasteiger charge is -2.17. The zero-order valence-electron chi connectivity index (χ0n) is 13.7. The van der Waals surface area contributed by atoms with Crippen molar-refractivity contribution in [3.05, 3.63) is 64.2 Å². The molecule has 0 aliphatic heterocycles. The average molecular weight is 347 g/mol. The van der Waals surface area contributed by atoms with Gasteiger partial charge < -0.3 is 4.74 Å². The largest absolute Gasteiger partial charge is 0.481 e. The molecular weight excluding hydrogens is 328 g/mol. The number of ether oxygens (including phenoxy) is 1. The Labute approximate surface area is 145 Å². The Balaban J connectivity index is 1.93. The van der Waals surface area contributed by atoms with Gasteiger partial charge in [-0.15, -0.1) is 0 Å². The second-order valence-electron chi connectivity index (χ2n) is 5.45. The van der Waals surface area contributed by atoms with Crippen molar-refractivity contribution < 1.29 is 14.3 Å². The van der Waals surface area contributed by atoms with Gasteiger partial charge in [0.25, 0.3) is 11.8 Å². The lowest BCUT2D eigenvalue weighted by atomic mass is 10.1. The lowest BCUT2D eigenvalue weighted by Crippen LogP contribution is -2.47. The molecule has 5 nitrogen and oxygen atoms in total. The van der Waals surface area contributed by atoms with Gasteiger partial charge in [-0.05, 0) is 50.1 Å². The predicted octanol–water partition coefficient (Wildman–Crippen LogP) is 3.19. The van der Waals surface area contributed by atoms with Crippen LogP contribution in [0.2, 0.25) is 5.02 Å². The summed E-state index contributed by atoms with van der Waals surface area (Å²) in [7, 11) is 0. The molecule has 0 saturated heterocycles. The van der Waals surface area contributed by atoms with Gasteiger partial charge in [0.2, 0.25) is 0 Å². The summed E-state index contributed by atoms with van der Waals surface area (Å²) in [5, 5.41) is 0.309. The predicted molar refractivity (Wildman–Crippen MR) is 93.1 cm³/mol. The van der Waals surface area contributed by atoms with E-state index in [1.807, 2.05) is 32.0 Å². The minimum absolute atomic E-state index is 0.280. The summed E-state index contributed by atoms with van der Waals surface area (Å²) in [5.74, 6) is -0.320. The van der Waals surface area contributed by atoms with Crippen LogP contribution in [-0.2, 0) is 4.79 Å². The molecular formula is C18H19ClN2O3. The van der Waals surface area contributed by atoms with Gasteiger partial charge in [-0.3, -0.25) is 20.4 Å². The number of aryl methyl sites for hydroxylation is 2. The maximum Gasteiger partial charge on any atom is 0.279 e. The number of hydrogen-bond acceptors (Lipinski definition) is 3. The fraction of sp³-hybridized carbons (Fsp3) is 0.222. The zero-order chi connectivity index (χ0) is 17.7. The summed E-state index contributed by atoms with van der Waals surface area (Å²) >= 11 is 5.94. The normalized spacial score (nSPS) is 11.5. The lowest BCUT2D eigenvalue weighted by molar-refractivity contribution is -0.128. The van der Waals surface area contributed by atoms with E-state index in [0.717, 1.165) is 11.1 Å². The molecule has 2 amide bonds. The molecule has 0 spiro atoms. The summed E-state index contributed by atoms with van der Waals surface area (Å²) < 4.78 is 5.66. The number of amides is 2. The van der Waals surface area contributed by atoms with Crippen molar-refractivity contribution in [3.63, 3.8) is 0 Å². The highest BCUT2D eigenvalue weighted by atomic mass is 35.5. The van der Waals surface area contributed by atoms with Crippen LogP contribution in [0.25, 0.3) is 0 Å². The fourth-order valence-electron chi connectivity index (χ4n) is 2.01. The molecule has 0 saturated carbocycles. The number of carbonyl (C=O) groups is 2. The van der Waals surface area contributed by atoms with E-state index in [2.05, 4.69) is 10.9 Å². The van der Waals surface area contributed by atoms with Crippen LogP contribution >= 0.6 is 11.6 Å². The minimum Gasteiger partial charge on any atom is -0.481 e. The van der Waals surface area contributed by atoms with Crippen molar-refractivity contribution in [2.75, 3.05) is 0 Å². The molecule has 0 fully saturated rings. The topological polar surface area (TPSA) is 67.4 Å². The number of benzene rings is 2. The summed E-state index contributed by atoms with van der Waals surface area (Å²) in [5.41, 5.74) is 6.92. The Morgan fingerprint density at radius 3 is 2.50 bits per heavy atom. The summed E-state index contributed by atoms with van der Waals surface area (Å²) in [6, 6.07) is 12.3. The third kappa shape index (κ3) is 4.49. The van der Waals surface area contributed by atoms with Crippen molar-refractivity contribution in [2.24, 2.45) is 0 Å².